The van der Waals surface area contributed by atoms with Crippen LogP contribution in [0.4, 0.5) is 0 Å². The zero-order chi connectivity index (χ0) is 18.9. The lowest BCUT2D eigenvalue weighted by molar-refractivity contribution is -0.129. The van der Waals surface area contributed by atoms with E-state index in [1.165, 1.54) is 0 Å². The molecule has 0 saturated heterocycles. The standard InChI is InChI=1S/C21H25NO4/c1-15(2)14-25-19-11-7-10-18(12-19)21(24)26-16(3)20(23)22-13-17-8-5-4-6-9-17/h4-12,15-16H,13-14H2,1-3H3,(H,22,23). The Kier molecular flexibility index (Phi) is 7.21. The van der Waals surface area contributed by atoms with E-state index < -0.39 is 12.1 Å². The van der Waals surface area contributed by atoms with Crippen LogP contribution in [0.1, 0.15) is 36.7 Å². The van der Waals surface area contributed by atoms with E-state index in [1.54, 1.807) is 31.2 Å². The van der Waals surface area contributed by atoms with Crippen molar-refractivity contribution in [3.63, 3.8) is 0 Å². The molecule has 5 nitrogen and oxygen atoms in total. The molecule has 0 aliphatic rings. The quantitative estimate of drug-likeness (QED) is 0.735. The van der Waals surface area contributed by atoms with Gasteiger partial charge in [-0.2, -0.15) is 0 Å². The van der Waals surface area contributed by atoms with Gasteiger partial charge >= 0.3 is 5.97 Å². The first-order valence-corrected chi connectivity index (χ1v) is 8.71. The van der Waals surface area contributed by atoms with Gasteiger partial charge in [0.25, 0.3) is 5.91 Å². The van der Waals surface area contributed by atoms with Crippen LogP contribution in [0.3, 0.4) is 0 Å². The van der Waals surface area contributed by atoms with Crippen LogP contribution in [-0.2, 0) is 16.1 Å². The maximum absolute atomic E-state index is 12.3. The van der Waals surface area contributed by atoms with E-state index in [1.807, 2.05) is 44.2 Å². The Labute approximate surface area is 154 Å². The first-order chi connectivity index (χ1) is 12.5. The first kappa shape index (κ1) is 19.5. The van der Waals surface area contributed by atoms with Crippen LogP contribution in [0.5, 0.6) is 5.75 Å². The smallest absolute Gasteiger partial charge is 0.339 e. The largest absolute Gasteiger partial charge is 0.493 e. The molecule has 0 spiro atoms. The first-order valence-electron chi connectivity index (χ1n) is 8.71. The van der Waals surface area contributed by atoms with Crippen LogP contribution in [0.2, 0.25) is 0 Å². The highest BCUT2D eigenvalue weighted by Crippen LogP contribution is 2.15. The predicted octanol–water partition coefficient (Wildman–Crippen LogP) is 3.58. The third kappa shape index (κ3) is 6.24. The van der Waals surface area contributed by atoms with Gasteiger partial charge in [-0.25, -0.2) is 4.79 Å². The molecule has 5 heteroatoms. The second-order valence-electron chi connectivity index (χ2n) is 6.48. The molecule has 2 aromatic carbocycles. The Hall–Kier alpha value is -2.82. The van der Waals surface area contributed by atoms with Gasteiger partial charge in [0.05, 0.1) is 12.2 Å². The summed E-state index contributed by atoms with van der Waals surface area (Å²) in [5, 5.41) is 2.76. The normalized spacial score (nSPS) is 11.7. The Morgan fingerprint density at radius 2 is 1.73 bits per heavy atom. The third-order valence-electron chi connectivity index (χ3n) is 3.62. The lowest BCUT2D eigenvalue weighted by Crippen LogP contribution is -2.35. The molecule has 1 amide bonds. The molecule has 0 heterocycles. The fraction of sp³-hybridized carbons (Fsp3) is 0.333. The summed E-state index contributed by atoms with van der Waals surface area (Å²) < 4.78 is 10.9. The molecule has 0 aromatic heterocycles. The third-order valence-corrected chi connectivity index (χ3v) is 3.62. The van der Waals surface area contributed by atoms with Crippen molar-refractivity contribution in [1.82, 2.24) is 5.32 Å². The molecular formula is C21H25NO4. The average Bonchev–Trinajstić information content (AvgIpc) is 2.65. The van der Waals surface area contributed by atoms with Gasteiger partial charge in [-0.15, -0.1) is 0 Å². The van der Waals surface area contributed by atoms with Crippen molar-refractivity contribution in [2.75, 3.05) is 6.61 Å². The number of amides is 1. The minimum Gasteiger partial charge on any atom is -0.493 e. The van der Waals surface area contributed by atoms with Gasteiger partial charge in [0.1, 0.15) is 5.75 Å². The summed E-state index contributed by atoms with van der Waals surface area (Å²) in [5.41, 5.74) is 1.34. The summed E-state index contributed by atoms with van der Waals surface area (Å²) in [6, 6.07) is 16.3. The summed E-state index contributed by atoms with van der Waals surface area (Å²) in [6.45, 7) is 6.61. The zero-order valence-electron chi connectivity index (χ0n) is 15.4. The highest BCUT2D eigenvalue weighted by Gasteiger charge is 2.19. The van der Waals surface area contributed by atoms with E-state index in [-0.39, 0.29) is 5.91 Å². The van der Waals surface area contributed by atoms with E-state index >= 15 is 0 Å². The highest BCUT2D eigenvalue weighted by molar-refractivity contribution is 5.92. The summed E-state index contributed by atoms with van der Waals surface area (Å²) in [7, 11) is 0. The zero-order valence-corrected chi connectivity index (χ0v) is 15.4. The van der Waals surface area contributed by atoms with E-state index in [2.05, 4.69) is 5.32 Å². The topological polar surface area (TPSA) is 64.6 Å². The Morgan fingerprint density at radius 1 is 1.00 bits per heavy atom. The van der Waals surface area contributed by atoms with E-state index in [0.717, 1.165) is 5.56 Å². The highest BCUT2D eigenvalue weighted by atomic mass is 16.5. The Bertz CT molecular complexity index is 728. The lowest BCUT2D eigenvalue weighted by Gasteiger charge is -2.14. The molecule has 2 aromatic rings. The molecule has 0 bridgehead atoms. The van der Waals surface area contributed by atoms with Crippen molar-refractivity contribution in [2.24, 2.45) is 5.92 Å². The van der Waals surface area contributed by atoms with Crippen LogP contribution >= 0.6 is 0 Å². The SMILES string of the molecule is CC(C)COc1cccc(C(=O)OC(C)C(=O)NCc2ccccc2)c1. The maximum atomic E-state index is 12.3. The predicted molar refractivity (Wildman–Crippen MR) is 99.9 cm³/mol. The summed E-state index contributed by atoms with van der Waals surface area (Å²) in [6.07, 6.45) is -0.883. The molecule has 0 saturated carbocycles. The molecule has 138 valence electrons. The van der Waals surface area contributed by atoms with Crippen LogP contribution in [-0.4, -0.2) is 24.6 Å². The van der Waals surface area contributed by atoms with Crippen LogP contribution in [0, 0.1) is 5.92 Å². The molecule has 1 unspecified atom stereocenters. The van der Waals surface area contributed by atoms with Gasteiger partial charge in [0, 0.05) is 6.54 Å². The summed E-state index contributed by atoms with van der Waals surface area (Å²) in [4.78, 5) is 24.4. The van der Waals surface area contributed by atoms with Crippen molar-refractivity contribution in [2.45, 2.75) is 33.4 Å². The minimum absolute atomic E-state index is 0.339. The van der Waals surface area contributed by atoms with E-state index in [9.17, 15) is 9.59 Å². The number of carbonyl (C=O) groups is 2. The summed E-state index contributed by atoms with van der Waals surface area (Å²) in [5.74, 6) is 0.102. The second-order valence-corrected chi connectivity index (χ2v) is 6.48. The number of benzene rings is 2. The molecule has 0 aliphatic heterocycles. The van der Waals surface area contributed by atoms with Gasteiger partial charge in [-0.05, 0) is 36.6 Å². The van der Waals surface area contributed by atoms with Crippen molar-refractivity contribution >= 4 is 11.9 Å². The molecule has 2 rings (SSSR count). The van der Waals surface area contributed by atoms with Gasteiger partial charge in [-0.1, -0.05) is 50.2 Å². The van der Waals surface area contributed by atoms with Crippen LogP contribution < -0.4 is 10.1 Å². The van der Waals surface area contributed by atoms with E-state index in [4.69, 9.17) is 9.47 Å². The molecular weight excluding hydrogens is 330 g/mol. The van der Waals surface area contributed by atoms with Gasteiger partial charge in [-0.3, -0.25) is 4.79 Å². The number of rotatable bonds is 8. The minimum atomic E-state index is -0.883. The maximum Gasteiger partial charge on any atom is 0.339 e. The molecule has 0 radical (unpaired) electrons. The summed E-state index contributed by atoms with van der Waals surface area (Å²) >= 11 is 0. The van der Waals surface area contributed by atoms with Crippen molar-refractivity contribution < 1.29 is 19.1 Å². The van der Waals surface area contributed by atoms with Crippen molar-refractivity contribution in [3.05, 3.63) is 65.7 Å². The molecule has 0 aliphatic carbocycles. The fourth-order valence-corrected chi connectivity index (χ4v) is 2.19. The van der Waals surface area contributed by atoms with Gasteiger partial charge < -0.3 is 14.8 Å². The second kappa shape index (κ2) is 9.61. The molecule has 1 atom stereocenters. The average molecular weight is 355 g/mol. The van der Waals surface area contributed by atoms with Crippen LogP contribution in [0.15, 0.2) is 54.6 Å². The number of hydrogen-bond donors (Lipinski definition) is 1. The lowest BCUT2D eigenvalue weighted by atomic mass is 10.2. The molecule has 1 N–H and O–H groups in total. The van der Waals surface area contributed by atoms with Crippen LogP contribution in [0.25, 0.3) is 0 Å². The number of nitrogens with one attached hydrogen (secondary N) is 1. The Morgan fingerprint density at radius 3 is 2.42 bits per heavy atom. The van der Waals surface area contributed by atoms with Gasteiger partial charge in [0.15, 0.2) is 6.10 Å². The number of ether oxygens (including phenoxy) is 2. The van der Waals surface area contributed by atoms with Crippen molar-refractivity contribution in [1.29, 1.82) is 0 Å². The fourth-order valence-electron chi connectivity index (χ4n) is 2.19. The number of carbonyl (C=O) groups excluding carboxylic acids is 2. The monoisotopic (exact) mass is 355 g/mol. The van der Waals surface area contributed by atoms with Crippen molar-refractivity contribution in [3.8, 4) is 5.75 Å². The van der Waals surface area contributed by atoms with Gasteiger partial charge in [0.2, 0.25) is 0 Å². The number of esters is 1. The molecule has 0 fully saturated rings. The molecule has 26 heavy (non-hydrogen) atoms. The number of hydrogen-bond acceptors (Lipinski definition) is 4. The van der Waals surface area contributed by atoms with E-state index in [0.29, 0.717) is 30.4 Å². The Balaban J connectivity index is 1.87.